The molecule has 4 heteroatoms. The first-order valence-corrected chi connectivity index (χ1v) is 9.14. The molecule has 0 amide bonds. The molecule has 0 bridgehead atoms. The zero-order valence-corrected chi connectivity index (χ0v) is 15.4. The maximum Gasteiger partial charge on any atom is 0.124 e. The number of piperidine rings is 1. The number of benzene rings is 1. The summed E-state index contributed by atoms with van der Waals surface area (Å²) < 4.78 is 11.5. The van der Waals surface area contributed by atoms with Crippen molar-refractivity contribution in [3.63, 3.8) is 0 Å². The van der Waals surface area contributed by atoms with Gasteiger partial charge in [0.1, 0.15) is 5.75 Å². The highest BCUT2D eigenvalue weighted by Gasteiger charge is 2.22. The first-order chi connectivity index (χ1) is 11.6. The van der Waals surface area contributed by atoms with E-state index in [9.17, 15) is 0 Å². The van der Waals surface area contributed by atoms with E-state index in [0.29, 0.717) is 12.0 Å². The summed E-state index contributed by atoms with van der Waals surface area (Å²) in [4.78, 5) is 5.95. The maximum atomic E-state index is 5.77. The summed E-state index contributed by atoms with van der Waals surface area (Å²) in [6.45, 7) is 10.5. The van der Waals surface area contributed by atoms with Crippen molar-refractivity contribution in [3.05, 3.63) is 29.5 Å². The minimum Gasteiger partial charge on any atom is -0.496 e. The third-order valence-electron chi connectivity index (χ3n) is 5.11. The largest absolute Gasteiger partial charge is 0.496 e. The van der Waals surface area contributed by atoms with Crippen molar-refractivity contribution in [2.24, 2.45) is 0 Å². The van der Waals surface area contributed by atoms with E-state index in [0.717, 1.165) is 44.8 Å². The van der Waals surface area contributed by atoms with E-state index in [2.05, 4.69) is 42.8 Å². The third kappa shape index (κ3) is 3.45. The van der Waals surface area contributed by atoms with Gasteiger partial charge in [0, 0.05) is 48.9 Å². The van der Waals surface area contributed by atoms with E-state index in [1.807, 2.05) is 6.20 Å². The third-order valence-corrected chi connectivity index (χ3v) is 5.11. The number of fused-ring (bicyclic) bond motifs is 1. The SMILES string of the molecule is CCOC1CCN(Cc2c(OC)cc(C(C)C)c3[nH]ccc23)CC1. The number of nitrogens with one attached hydrogen (secondary N) is 1. The number of hydrogen-bond donors (Lipinski definition) is 1. The average Bonchev–Trinajstić information content (AvgIpc) is 3.06. The fourth-order valence-electron chi connectivity index (χ4n) is 3.79. The quantitative estimate of drug-likeness (QED) is 0.858. The van der Waals surface area contributed by atoms with E-state index in [4.69, 9.17) is 9.47 Å². The Hall–Kier alpha value is -1.52. The molecule has 1 fully saturated rings. The summed E-state index contributed by atoms with van der Waals surface area (Å²) in [5.74, 6) is 1.48. The predicted molar refractivity (Wildman–Crippen MR) is 98.9 cm³/mol. The van der Waals surface area contributed by atoms with Gasteiger partial charge in [0.2, 0.25) is 0 Å². The lowest BCUT2D eigenvalue weighted by Gasteiger charge is -2.32. The zero-order valence-electron chi connectivity index (χ0n) is 15.4. The van der Waals surface area contributed by atoms with Crippen LogP contribution in [0.2, 0.25) is 0 Å². The molecule has 1 saturated heterocycles. The topological polar surface area (TPSA) is 37.5 Å². The van der Waals surface area contributed by atoms with Gasteiger partial charge < -0.3 is 14.5 Å². The Morgan fingerprint density at radius 2 is 2.04 bits per heavy atom. The maximum absolute atomic E-state index is 5.77. The fraction of sp³-hybridized carbons (Fsp3) is 0.600. The van der Waals surface area contributed by atoms with Crippen molar-refractivity contribution in [2.45, 2.75) is 52.2 Å². The number of rotatable bonds is 6. The summed E-state index contributed by atoms with van der Waals surface area (Å²) in [7, 11) is 1.78. The molecule has 1 aliphatic heterocycles. The van der Waals surface area contributed by atoms with Gasteiger partial charge in [0.05, 0.1) is 13.2 Å². The van der Waals surface area contributed by atoms with Gasteiger partial charge in [-0.05, 0) is 43.4 Å². The van der Waals surface area contributed by atoms with Gasteiger partial charge in [-0.15, -0.1) is 0 Å². The van der Waals surface area contributed by atoms with Gasteiger partial charge in [-0.3, -0.25) is 4.90 Å². The highest BCUT2D eigenvalue weighted by Crippen LogP contribution is 2.35. The summed E-state index contributed by atoms with van der Waals surface area (Å²) in [5.41, 5.74) is 3.88. The van der Waals surface area contributed by atoms with Crippen LogP contribution < -0.4 is 4.74 Å². The molecule has 4 nitrogen and oxygen atoms in total. The summed E-state index contributed by atoms with van der Waals surface area (Å²) in [6, 6.07) is 4.40. The molecule has 132 valence electrons. The van der Waals surface area contributed by atoms with Crippen molar-refractivity contribution in [1.29, 1.82) is 0 Å². The number of nitrogens with zero attached hydrogens (tertiary/aromatic N) is 1. The molecule has 1 aromatic carbocycles. The lowest BCUT2D eigenvalue weighted by molar-refractivity contribution is 0.0125. The van der Waals surface area contributed by atoms with Crippen LogP contribution in [0.3, 0.4) is 0 Å². The van der Waals surface area contributed by atoms with Crippen molar-refractivity contribution >= 4 is 10.9 Å². The molecular weight excluding hydrogens is 300 g/mol. The van der Waals surface area contributed by atoms with Crippen LogP contribution in [0.5, 0.6) is 5.75 Å². The van der Waals surface area contributed by atoms with Crippen LogP contribution in [-0.4, -0.2) is 42.8 Å². The van der Waals surface area contributed by atoms with Crippen molar-refractivity contribution in [3.8, 4) is 5.75 Å². The molecule has 1 aromatic heterocycles. The van der Waals surface area contributed by atoms with E-state index in [-0.39, 0.29) is 0 Å². The van der Waals surface area contributed by atoms with E-state index < -0.39 is 0 Å². The second-order valence-corrected chi connectivity index (χ2v) is 7.00. The zero-order chi connectivity index (χ0) is 17.1. The van der Waals surface area contributed by atoms with Crippen LogP contribution >= 0.6 is 0 Å². The molecule has 0 spiro atoms. The van der Waals surface area contributed by atoms with Gasteiger partial charge in [-0.25, -0.2) is 0 Å². The highest BCUT2D eigenvalue weighted by atomic mass is 16.5. The minimum absolute atomic E-state index is 0.434. The van der Waals surface area contributed by atoms with Crippen LogP contribution in [0.15, 0.2) is 18.3 Å². The molecule has 0 atom stereocenters. The first kappa shape index (κ1) is 17.3. The van der Waals surface area contributed by atoms with Crippen LogP contribution in [0, 0.1) is 0 Å². The van der Waals surface area contributed by atoms with Crippen molar-refractivity contribution in [1.82, 2.24) is 9.88 Å². The summed E-state index contributed by atoms with van der Waals surface area (Å²) in [5, 5.41) is 1.30. The number of methoxy groups -OCH3 is 1. The predicted octanol–water partition coefficient (Wildman–Crippen LogP) is 4.30. The van der Waals surface area contributed by atoms with Gasteiger partial charge >= 0.3 is 0 Å². The molecule has 1 aliphatic rings. The molecule has 24 heavy (non-hydrogen) atoms. The Morgan fingerprint density at radius 1 is 1.29 bits per heavy atom. The van der Waals surface area contributed by atoms with Gasteiger partial charge in [-0.1, -0.05) is 13.8 Å². The Kier molecular flexibility index (Phi) is 5.47. The number of likely N-dealkylation sites (tertiary alicyclic amines) is 1. The number of aromatic nitrogens is 1. The average molecular weight is 330 g/mol. The van der Waals surface area contributed by atoms with Crippen LogP contribution in [-0.2, 0) is 11.3 Å². The highest BCUT2D eigenvalue weighted by molar-refractivity contribution is 5.88. The molecule has 3 rings (SSSR count). The molecule has 0 saturated carbocycles. The molecule has 1 N–H and O–H groups in total. The minimum atomic E-state index is 0.434. The second-order valence-electron chi connectivity index (χ2n) is 7.00. The van der Waals surface area contributed by atoms with E-state index in [1.54, 1.807) is 7.11 Å². The molecule has 2 heterocycles. The molecule has 2 aromatic rings. The lowest BCUT2D eigenvalue weighted by atomic mass is 9.96. The monoisotopic (exact) mass is 330 g/mol. The normalized spacial score (nSPS) is 17.0. The van der Waals surface area contributed by atoms with E-state index in [1.165, 1.54) is 22.0 Å². The molecule has 0 radical (unpaired) electrons. The standard InChI is InChI=1S/C20H30N2O2/c1-5-24-15-7-10-22(11-8-15)13-18-16-6-9-21-20(16)17(14(2)3)12-19(18)23-4/h6,9,12,14-15,21H,5,7-8,10-11,13H2,1-4H3. The van der Waals surface area contributed by atoms with Crippen molar-refractivity contribution in [2.75, 3.05) is 26.8 Å². The van der Waals surface area contributed by atoms with Gasteiger partial charge in [0.15, 0.2) is 0 Å². The Labute approximate surface area is 145 Å². The van der Waals surface area contributed by atoms with Crippen LogP contribution in [0.1, 0.15) is 50.7 Å². The van der Waals surface area contributed by atoms with Gasteiger partial charge in [0.25, 0.3) is 0 Å². The Bertz CT molecular complexity index is 670. The van der Waals surface area contributed by atoms with Gasteiger partial charge in [-0.2, -0.15) is 0 Å². The number of hydrogen-bond acceptors (Lipinski definition) is 3. The second kappa shape index (κ2) is 7.58. The van der Waals surface area contributed by atoms with Crippen LogP contribution in [0.25, 0.3) is 10.9 Å². The lowest BCUT2D eigenvalue weighted by Crippen LogP contribution is -2.36. The van der Waals surface area contributed by atoms with E-state index >= 15 is 0 Å². The first-order valence-electron chi connectivity index (χ1n) is 9.14. The number of aromatic amines is 1. The Morgan fingerprint density at radius 3 is 2.67 bits per heavy atom. The number of H-pyrrole nitrogens is 1. The smallest absolute Gasteiger partial charge is 0.124 e. The molecule has 0 aliphatic carbocycles. The summed E-state index contributed by atoms with van der Waals surface area (Å²) in [6.07, 6.45) is 4.72. The number of ether oxygens (including phenoxy) is 2. The molecule has 0 unspecified atom stereocenters. The summed E-state index contributed by atoms with van der Waals surface area (Å²) >= 11 is 0. The Balaban J connectivity index is 1.84. The fourth-order valence-corrected chi connectivity index (χ4v) is 3.79. The molecular formula is C20H30N2O2. The van der Waals surface area contributed by atoms with Crippen LogP contribution in [0.4, 0.5) is 0 Å². The van der Waals surface area contributed by atoms with Crippen molar-refractivity contribution < 1.29 is 9.47 Å².